The third-order valence-electron chi connectivity index (χ3n) is 4.35. The van der Waals surface area contributed by atoms with Crippen LogP contribution in [0.4, 0.5) is 0 Å². The largest absolute Gasteiger partial charge is 0.350 e. The van der Waals surface area contributed by atoms with Gasteiger partial charge in [0.05, 0.1) is 0 Å². The SMILES string of the molecule is CC[C@H](C)NC(=O)c1ccc(CN2CCC[C@H](C)C2)cc1. The third-order valence-corrected chi connectivity index (χ3v) is 4.35. The van der Waals surface area contributed by atoms with E-state index in [4.69, 9.17) is 0 Å². The Morgan fingerprint density at radius 2 is 2.10 bits per heavy atom. The van der Waals surface area contributed by atoms with E-state index in [0.29, 0.717) is 0 Å². The molecule has 0 bridgehead atoms. The van der Waals surface area contributed by atoms with E-state index in [2.05, 4.69) is 36.2 Å². The number of nitrogens with one attached hydrogen (secondary N) is 1. The molecular formula is C18H28N2O. The van der Waals surface area contributed by atoms with Crippen LogP contribution < -0.4 is 5.32 Å². The Labute approximate surface area is 128 Å². The van der Waals surface area contributed by atoms with Gasteiger partial charge in [0.25, 0.3) is 5.91 Å². The molecule has 1 heterocycles. The zero-order valence-corrected chi connectivity index (χ0v) is 13.6. The highest BCUT2D eigenvalue weighted by molar-refractivity contribution is 5.94. The highest BCUT2D eigenvalue weighted by Gasteiger charge is 2.16. The van der Waals surface area contributed by atoms with Gasteiger partial charge in [-0.15, -0.1) is 0 Å². The van der Waals surface area contributed by atoms with Crippen LogP contribution >= 0.6 is 0 Å². The van der Waals surface area contributed by atoms with E-state index in [1.54, 1.807) is 0 Å². The van der Waals surface area contributed by atoms with E-state index < -0.39 is 0 Å². The van der Waals surface area contributed by atoms with Gasteiger partial charge >= 0.3 is 0 Å². The normalized spacial score (nSPS) is 21.0. The molecule has 116 valence electrons. The van der Waals surface area contributed by atoms with Gasteiger partial charge in [-0.3, -0.25) is 9.69 Å². The molecule has 3 heteroatoms. The number of benzene rings is 1. The zero-order valence-electron chi connectivity index (χ0n) is 13.6. The van der Waals surface area contributed by atoms with Crippen molar-refractivity contribution in [2.45, 2.75) is 52.6 Å². The summed E-state index contributed by atoms with van der Waals surface area (Å²) >= 11 is 0. The standard InChI is InChI=1S/C18H28N2O/c1-4-15(3)19-18(21)17-9-7-16(8-10-17)13-20-11-5-6-14(2)12-20/h7-10,14-15H,4-6,11-13H2,1-3H3,(H,19,21)/t14-,15-/m0/s1. The smallest absolute Gasteiger partial charge is 0.251 e. The van der Waals surface area contributed by atoms with Crippen molar-refractivity contribution < 1.29 is 4.79 Å². The minimum Gasteiger partial charge on any atom is -0.350 e. The second-order valence-electron chi connectivity index (χ2n) is 6.46. The highest BCUT2D eigenvalue weighted by Crippen LogP contribution is 2.18. The zero-order chi connectivity index (χ0) is 15.2. The van der Waals surface area contributed by atoms with Gasteiger partial charge in [-0.2, -0.15) is 0 Å². The average Bonchev–Trinajstić information content (AvgIpc) is 2.47. The number of nitrogens with zero attached hydrogens (tertiary/aromatic N) is 1. The number of carbonyl (C=O) groups is 1. The molecule has 1 saturated heterocycles. The first-order valence-corrected chi connectivity index (χ1v) is 8.20. The molecule has 1 aliphatic heterocycles. The summed E-state index contributed by atoms with van der Waals surface area (Å²) in [4.78, 5) is 14.6. The van der Waals surface area contributed by atoms with Crippen LogP contribution in [0, 0.1) is 5.92 Å². The van der Waals surface area contributed by atoms with E-state index in [9.17, 15) is 4.79 Å². The van der Waals surface area contributed by atoms with Crippen molar-refractivity contribution in [1.29, 1.82) is 0 Å². The maximum atomic E-state index is 12.0. The summed E-state index contributed by atoms with van der Waals surface area (Å²) in [5, 5.41) is 3.00. The van der Waals surface area contributed by atoms with Gasteiger partial charge in [-0.25, -0.2) is 0 Å². The summed E-state index contributed by atoms with van der Waals surface area (Å²) in [5.41, 5.74) is 2.05. The molecule has 0 spiro atoms. The molecule has 0 aromatic heterocycles. The monoisotopic (exact) mass is 288 g/mol. The molecule has 21 heavy (non-hydrogen) atoms. The van der Waals surface area contributed by atoms with Gasteiger partial charge < -0.3 is 5.32 Å². The van der Waals surface area contributed by atoms with Crippen LogP contribution in [0.3, 0.4) is 0 Å². The molecule has 1 aromatic rings. The van der Waals surface area contributed by atoms with Crippen molar-refractivity contribution in [3.8, 4) is 0 Å². The van der Waals surface area contributed by atoms with Crippen LogP contribution in [0.1, 0.15) is 56.0 Å². The topological polar surface area (TPSA) is 32.3 Å². The summed E-state index contributed by atoms with van der Waals surface area (Å²) in [5.74, 6) is 0.835. The second kappa shape index (κ2) is 7.60. The Hall–Kier alpha value is -1.35. The lowest BCUT2D eigenvalue weighted by Crippen LogP contribution is -2.33. The van der Waals surface area contributed by atoms with Crippen molar-refractivity contribution in [2.75, 3.05) is 13.1 Å². The predicted molar refractivity (Wildman–Crippen MR) is 87.3 cm³/mol. The number of piperidine rings is 1. The molecule has 2 rings (SSSR count). The number of amides is 1. The van der Waals surface area contributed by atoms with E-state index in [1.807, 2.05) is 19.1 Å². The Morgan fingerprint density at radius 3 is 2.71 bits per heavy atom. The lowest BCUT2D eigenvalue weighted by molar-refractivity contribution is 0.0939. The Bertz CT molecular complexity index is 455. The summed E-state index contributed by atoms with van der Waals surface area (Å²) in [7, 11) is 0. The first kappa shape index (κ1) is 16.0. The molecule has 0 aliphatic carbocycles. The molecule has 0 radical (unpaired) electrons. The number of carbonyl (C=O) groups excluding carboxylic acids is 1. The van der Waals surface area contributed by atoms with Crippen LogP contribution in [-0.2, 0) is 6.54 Å². The van der Waals surface area contributed by atoms with Gasteiger partial charge in [-0.1, -0.05) is 26.0 Å². The molecule has 1 N–H and O–H groups in total. The third kappa shape index (κ3) is 4.85. The van der Waals surface area contributed by atoms with Gasteiger partial charge in [0.2, 0.25) is 0 Å². The number of likely N-dealkylation sites (tertiary alicyclic amines) is 1. The average molecular weight is 288 g/mol. The Kier molecular flexibility index (Phi) is 5.80. The molecular weight excluding hydrogens is 260 g/mol. The number of rotatable bonds is 5. The molecule has 3 nitrogen and oxygen atoms in total. The van der Waals surface area contributed by atoms with Crippen LogP contribution in [0.2, 0.25) is 0 Å². The summed E-state index contributed by atoms with van der Waals surface area (Å²) < 4.78 is 0. The Balaban J connectivity index is 1.91. The summed E-state index contributed by atoms with van der Waals surface area (Å²) in [6.07, 6.45) is 3.61. The first-order chi connectivity index (χ1) is 10.1. The van der Waals surface area contributed by atoms with E-state index in [0.717, 1.165) is 24.4 Å². The van der Waals surface area contributed by atoms with Gasteiger partial charge in [0.15, 0.2) is 0 Å². The van der Waals surface area contributed by atoms with Crippen molar-refractivity contribution in [3.05, 3.63) is 35.4 Å². The lowest BCUT2D eigenvalue weighted by atomic mass is 9.99. The number of hydrogen-bond donors (Lipinski definition) is 1. The van der Waals surface area contributed by atoms with Crippen LogP contribution in [0.15, 0.2) is 24.3 Å². The van der Waals surface area contributed by atoms with Gasteiger partial charge in [0.1, 0.15) is 0 Å². The maximum absolute atomic E-state index is 12.0. The molecule has 1 aromatic carbocycles. The fourth-order valence-electron chi connectivity index (χ4n) is 2.86. The summed E-state index contributed by atoms with van der Waals surface area (Å²) in [6.45, 7) is 9.82. The molecule has 1 aliphatic rings. The number of hydrogen-bond acceptors (Lipinski definition) is 2. The van der Waals surface area contributed by atoms with Crippen molar-refractivity contribution in [1.82, 2.24) is 10.2 Å². The van der Waals surface area contributed by atoms with Crippen LogP contribution in [-0.4, -0.2) is 29.9 Å². The Morgan fingerprint density at radius 1 is 1.38 bits per heavy atom. The lowest BCUT2D eigenvalue weighted by Gasteiger charge is -2.30. The van der Waals surface area contributed by atoms with E-state index in [-0.39, 0.29) is 11.9 Å². The van der Waals surface area contributed by atoms with Gasteiger partial charge in [-0.05, 0) is 56.3 Å². The van der Waals surface area contributed by atoms with Crippen molar-refractivity contribution in [3.63, 3.8) is 0 Å². The van der Waals surface area contributed by atoms with Crippen LogP contribution in [0.5, 0.6) is 0 Å². The second-order valence-corrected chi connectivity index (χ2v) is 6.46. The predicted octanol–water partition coefficient (Wildman–Crippen LogP) is 3.45. The van der Waals surface area contributed by atoms with Gasteiger partial charge in [0, 0.05) is 24.7 Å². The molecule has 0 saturated carbocycles. The minimum atomic E-state index is 0.0301. The van der Waals surface area contributed by atoms with E-state index >= 15 is 0 Å². The molecule has 1 amide bonds. The van der Waals surface area contributed by atoms with Crippen molar-refractivity contribution in [2.24, 2.45) is 5.92 Å². The highest BCUT2D eigenvalue weighted by atomic mass is 16.1. The summed E-state index contributed by atoms with van der Waals surface area (Å²) in [6, 6.07) is 8.29. The van der Waals surface area contributed by atoms with Crippen LogP contribution in [0.25, 0.3) is 0 Å². The first-order valence-electron chi connectivity index (χ1n) is 8.20. The minimum absolute atomic E-state index is 0.0301. The molecule has 2 atom stereocenters. The fourth-order valence-corrected chi connectivity index (χ4v) is 2.86. The maximum Gasteiger partial charge on any atom is 0.251 e. The molecule has 0 unspecified atom stereocenters. The van der Waals surface area contributed by atoms with Crippen molar-refractivity contribution >= 4 is 5.91 Å². The van der Waals surface area contributed by atoms with E-state index in [1.165, 1.54) is 31.5 Å². The fraction of sp³-hybridized carbons (Fsp3) is 0.611. The molecule has 1 fully saturated rings. The quantitative estimate of drug-likeness (QED) is 0.900.